The molecule has 1 saturated heterocycles. The van der Waals surface area contributed by atoms with E-state index in [2.05, 4.69) is 10.3 Å². The van der Waals surface area contributed by atoms with E-state index >= 15 is 0 Å². The fourth-order valence-electron chi connectivity index (χ4n) is 4.35. The first-order chi connectivity index (χ1) is 13.7. The summed E-state index contributed by atoms with van der Waals surface area (Å²) in [6.07, 6.45) is 12.8. The Hall–Kier alpha value is -2.63. The second kappa shape index (κ2) is 8.59. The fraction of sp³-hybridized carbons (Fsp3) is 0.500. The molecule has 28 heavy (non-hydrogen) atoms. The number of hydrogen-bond acceptors (Lipinski definition) is 3. The second-order valence-corrected chi connectivity index (χ2v) is 7.88. The molecule has 0 radical (unpaired) electrons. The van der Waals surface area contributed by atoms with Gasteiger partial charge in [-0.1, -0.05) is 19.3 Å². The maximum Gasteiger partial charge on any atom is 0.270 e. The number of rotatable bonds is 4. The number of carbonyl (C=O) groups excluding carboxylic acids is 2. The lowest BCUT2D eigenvalue weighted by Gasteiger charge is -2.33. The van der Waals surface area contributed by atoms with E-state index in [1.165, 1.54) is 19.3 Å². The van der Waals surface area contributed by atoms with Gasteiger partial charge in [-0.15, -0.1) is 0 Å². The maximum atomic E-state index is 13.0. The van der Waals surface area contributed by atoms with Gasteiger partial charge in [-0.3, -0.25) is 14.6 Å². The first kappa shape index (κ1) is 18.7. The van der Waals surface area contributed by atoms with E-state index in [1.807, 2.05) is 39.9 Å². The van der Waals surface area contributed by atoms with Gasteiger partial charge in [0.2, 0.25) is 5.91 Å². The molecule has 3 heterocycles. The molecule has 0 aromatic carbocycles. The summed E-state index contributed by atoms with van der Waals surface area (Å²) in [4.78, 5) is 31.6. The summed E-state index contributed by atoms with van der Waals surface area (Å²) < 4.78 is 1.87. The van der Waals surface area contributed by atoms with Crippen LogP contribution in [-0.2, 0) is 4.79 Å². The Labute approximate surface area is 165 Å². The zero-order valence-electron chi connectivity index (χ0n) is 16.2. The molecule has 2 aliphatic rings. The van der Waals surface area contributed by atoms with Gasteiger partial charge < -0.3 is 14.8 Å². The zero-order chi connectivity index (χ0) is 19.3. The van der Waals surface area contributed by atoms with Crippen LogP contribution in [-0.4, -0.2) is 45.4 Å². The van der Waals surface area contributed by atoms with Crippen LogP contribution in [0, 0.1) is 5.92 Å². The molecule has 2 amide bonds. The molecule has 2 aromatic rings. The number of pyridine rings is 1. The number of nitrogens with zero attached hydrogens (tertiary/aromatic N) is 3. The molecule has 0 bridgehead atoms. The van der Waals surface area contributed by atoms with Gasteiger partial charge >= 0.3 is 0 Å². The van der Waals surface area contributed by atoms with Crippen molar-refractivity contribution in [3.63, 3.8) is 0 Å². The van der Waals surface area contributed by atoms with Crippen molar-refractivity contribution in [2.24, 2.45) is 5.92 Å². The van der Waals surface area contributed by atoms with Crippen molar-refractivity contribution in [2.45, 2.75) is 51.0 Å². The summed E-state index contributed by atoms with van der Waals surface area (Å²) in [5.74, 6) is 0.216. The highest BCUT2D eigenvalue weighted by Crippen LogP contribution is 2.23. The lowest BCUT2D eigenvalue weighted by atomic mass is 9.92. The molecule has 1 saturated carbocycles. The standard InChI is InChI=1S/C22H28N4O2/c27-21(24-18-6-2-1-3-7-18)17-10-14-25(15-11-17)22(28)20-9-5-13-26(20)19-8-4-12-23-16-19/h4-5,8-9,12-13,16-18H,1-3,6-7,10-11,14-15H2,(H,24,27). The van der Waals surface area contributed by atoms with Crippen LogP contribution >= 0.6 is 0 Å². The Morgan fingerprint density at radius 1 is 1.00 bits per heavy atom. The highest BCUT2D eigenvalue weighted by atomic mass is 16.2. The van der Waals surface area contributed by atoms with Gasteiger partial charge in [-0.2, -0.15) is 0 Å². The number of nitrogens with one attached hydrogen (secondary N) is 1. The number of amides is 2. The van der Waals surface area contributed by atoms with Crippen molar-refractivity contribution in [2.75, 3.05) is 13.1 Å². The van der Waals surface area contributed by atoms with Crippen LogP contribution in [0.4, 0.5) is 0 Å². The van der Waals surface area contributed by atoms with Crippen LogP contribution < -0.4 is 5.32 Å². The topological polar surface area (TPSA) is 67.2 Å². The summed E-state index contributed by atoms with van der Waals surface area (Å²) >= 11 is 0. The van der Waals surface area contributed by atoms with E-state index in [-0.39, 0.29) is 17.7 Å². The molecule has 0 spiro atoms. The second-order valence-electron chi connectivity index (χ2n) is 7.88. The molecule has 1 aliphatic carbocycles. The van der Waals surface area contributed by atoms with E-state index in [0.717, 1.165) is 31.4 Å². The Balaban J connectivity index is 1.35. The number of likely N-dealkylation sites (tertiary alicyclic amines) is 1. The van der Waals surface area contributed by atoms with Crippen molar-refractivity contribution in [1.29, 1.82) is 0 Å². The average molecular weight is 380 g/mol. The van der Waals surface area contributed by atoms with Crippen LogP contribution in [0.1, 0.15) is 55.4 Å². The van der Waals surface area contributed by atoms with Gasteiger partial charge in [0.15, 0.2) is 0 Å². The maximum absolute atomic E-state index is 13.0. The number of piperidine rings is 1. The van der Waals surface area contributed by atoms with Gasteiger partial charge in [0.25, 0.3) is 5.91 Å². The van der Waals surface area contributed by atoms with Crippen molar-refractivity contribution < 1.29 is 9.59 Å². The minimum atomic E-state index is 0.0139. The number of carbonyl (C=O) groups is 2. The molecule has 2 aromatic heterocycles. The number of aromatic nitrogens is 2. The quantitative estimate of drug-likeness (QED) is 0.886. The smallest absolute Gasteiger partial charge is 0.270 e. The van der Waals surface area contributed by atoms with Crippen LogP contribution in [0.15, 0.2) is 42.9 Å². The summed E-state index contributed by atoms with van der Waals surface area (Å²) in [5.41, 5.74) is 1.51. The lowest BCUT2D eigenvalue weighted by molar-refractivity contribution is -0.127. The minimum Gasteiger partial charge on any atom is -0.353 e. The van der Waals surface area contributed by atoms with Gasteiger partial charge in [0, 0.05) is 37.4 Å². The van der Waals surface area contributed by atoms with E-state index in [0.29, 0.717) is 24.8 Å². The predicted octanol–water partition coefficient (Wildman–Crippen LogP) is 3.17. The predicted molar refractivity (Wildman–Crippen MR) is 107 cm³/mol. The molecule has 148 valence electrons. The van der Waals surface area contributed by atoms with Crippen molar-refractivity contribution in [3.8, 4) is 5.69 Å². The van der Waals surface area contributed by atoms with Crippen molar-refractivity contribution >= 4 is 11.8 Å². The van der Waals surface area contributed by atoms with Crippen LogP contribution in [0.2, 0.25) is 0 Å². The van der Waals surface area contributed by atoms with Gasteiger partial charge in [-0.05, 0) is 49.9 Å². The number of hydrogen-bond donors (Lipinski definition) is 1. The Bertz CT molecular complexity index is 803. The van der Waals surface area contributed by atoms with E-state index in [1.54, 1.807) is 12.4 Å². The van der Waals surface area contributed by atoms with Crippen molar-refractivity contribution in [3.05, 3.63) is 48.5 Å². The Kier molecular flexibility index (Phi) is 5.74. The lowest BCUT2D eigenvalue weighted by Crippen LogP contribution is -2.46. The Morgan fingerprint density at radius 3 is 2.50 bits per heavy atom. The first-order valence-electron chi connectivity index (χ1n) is 10.4. The SMILES string of the molecule is O=C(NC1CCCCC1)C1CCN(C(=O)c2cccn2-c2cccnc2)CC1. The Morgan fingerprint density at radius 2 is 1.79 bits per heavy atom. The molecule has 0 atom stereocenters. The molecule has 1 N–H and O–H groups in total. The van der Waals surface area contributed by atoms with Gasteiger partial charge in [-0.25, -0.2) is 0 Å². The highest BCUT2D eigenvalue weighted by molar-refractivity contribution is 5.93. The van der Waals surface area contributed by atoms with Crippen LogP contribution in [0.5, 0.6) is 0 Å². The molecule has 0 unspecified atom stereocenters. The van der Waals surface area contributed by atoms with Gasteiger partial charge in [0.1, 0.15) is 5.69 Å². The fourth-order valence-corrected chi connectivity index (χ4v) is 4.35. The monoisotopic (exact) mass is 380 g/mol. The molecule has 1 aliphatic heterocycles. The van der Waals surface area contributed by atoms with Crippen LogP contribution in [0.25, 0.3) is 5.69 Å². The molecule has 2 fully saturated rings. The summed E-state index contributed by atoms with van der Waals surface area (Å²) in [5, 5.41) is 3.24. The third-order valence-corrected chi connectivity index (χ3v) is 6.00. The average Bonchev–Trinajstić information content (AvgIpc) is 3.24. The zero-order valence-corrected chi connectivity index (χ0v) is 16.2. The third kappa shape index (κ3) is 4.11. The van der Waals surface area contributed by atoms with E-state index < -0.39 is 0 Å². The van der Waals surface area contributed by atoms with Gasteiger partial charge in [0.05, 0.1) is 11.9 Å². The van der Waals surface area contributed by atoms with E-state index in [4.69, 9.17) is 0 Å². The minimum absolute atomic E-state index is 0.0139. The molecular weight excluding hydrogens is 352 g/mol. The largest absolute Gasteiger partial charge is 0.353 e. The molecule has 4 rings (SSSR count). The molecular formula is C22H28N4O2. The third-order valence-electron chi connectivity index (χ3n) is 6.00. The molecule has 6 nitrogen and oxygen atoms in total. The summed E-state index contributed by atoms with van der Waals surface area (Å²) in [6.45, 7) is 1.25. The van der Waals surface area contributed by atoms with Crippen molar-refractivity contribution in [1.82, 2.24) is 19.8 Å². The summed E-state index contributed by atoms with van der Waals surface area (Å²) in [6, 6.07) is 7.87. The summed E-state index contributed by atoms with van der Waals surface area (Å²) in [7, 11) is 0. The molecule has 6 heteroatoms. The normalized spacial score (nSPS) is 18.8. The highest BCUT2D eigenvalue weighted by Gasteiger charge is 2.30. The van der Waals surface area contributed by atoms with E-state index in [9.17, 15) is 9.59 Å². The van der Waals surface area contributed by atoms with Crippen LogP contribution in [0.3, 0.4) is 0 Å². The first-order valence-corrected chi connectivity index (χ1v) is 10.4.